The van der Waals surface area contributed by atoms with Crippen molar-refractivity contribution in [2.45, 2.75) is 18.9 Å². The van der Waals surface area contributed by atoms with Gasteiger partial charge in [-0.15, -0.1) is 0 Å². The molecule has 0 spiro atoms. The smallest absolute Gasteiger partial charge is 0.288 e. The van der Waals surface area contributed by atoms with Gasteiger partial charge in [-0.2, -0.15) is 0 Å². The average Bonchev–Trinajstić information content (AvgIpc) is 2.46. The maximum absolute atomic E-state index is 12.4. The van der Waals surface area contributed by atoms with Crippen molar-refractivity contribution in [3.8, 4) is 0 Å². The summed E-state index contributed by atoms with van der Waals surface area (Å²) in [4.78, 5) is 24.3. The quantitative estimate of drug-likeness (QED) is 0.635. The molecule has 0 aliphatic carbocycles. The highest BCUT2D eigenvalue weighted by Gasteiger charge is 2.27. The number of halogens is 1. The molecule has 1 aliphatic rings. The van der Waals surface area contributed by atoms with E-state index in [0.717, 1.165) is 12.8 Å². The van der Waals surface area contributed by atoms with Gasteiger partial charge in [-0.05, 0) is 18.9 Å². The normalized spacial score (nSPS) is 15.9. The van der Waals surface area contributed by atoms with Gasteiger partial charge in [0.1, 0.15) is 5.02 Å². The van der Waals surface area contributed by atoms with E-state index in [2.05, 4.69) is 0 Å². The third-order valence-electron chi connectivity index (χ3n) is 3.46. The van der Waals surface area contributed by atoms with Crippen LogP contribution in [0.15, 0.2) is 18.2 Å². The molecule has 0 saturated carbocycles. The van der Waals surface area contributed by atoms with Crippen molar-refractivity contribution in [1.82, 2.24) is 4.90 Å². The minimum Gasteiger partial charge on any atom is -0.381 e. The van der Waals surface area contributed by atoms with Crippen LogP contribution < -0.4 is 0 Å². The van der Waals surface area contributed by atoms with Gasteiger partial charge < -0.3 is 9.64 Å². The van der Waals surface area contributed by atoms with Gasteiger partial charge in [-0.25, -0.2) is 0 Å². The van der Waals surface area contributed by atoms with Crippen molar-refractivity contribution in [3.05, 3.63) is 38.9 Å². The Balaban J connectivity index is 2.24. The number of carbonyl (C=O) groups excluding carboxylic acids is 1. The molecule has 20 heavy (non-hydrogen) atoms. The molecule has 0 radical (unpaired) electrons. The molecule has 0 N–H and O–H groups in total. The van der Waals surface area contributed by atoms with Gasteiger partial charge in [-0.1, -0.05) is 17.7 Å². The largest absolute Gasteiger partial charge is 0.381 e. The zero-order valence-electron chi connectivity index (χ0n) is 11.0. The lowest BCUT2D eigenvalue weighted by Gasteiger charge is -2.31. The number of nitrogens with zero attached hydrogens (tertiary/aromatic N) is 2. The number of carbonyl (C=O) groups is 1. The van der Waals surface area contributed by atoms with E-state index in [9.17, 15) is 14.9 Å². The third-order valence-corrected chi connectivity index (χ3v) is 3.86. The molecular formula is C13H15ClN2O4. The van der Waals surface area contributed by atoms with E-state index in [4.69, 9.17) is 16.3 Å². The fraction of sp³-hybridized carbons (Fsp3) is 0.462. The first-order valence-corrected chi connectivity index (χ1v) is 6.68. The molecule has 1 aromatic rings. The molecule has 6 nitrogen and oxygen atoms in total. The summed E-state index contributed by atoms with van der Waals surface area (Å²) in [6.45, 7) is 1.23. The highest BCUT2D eigenvalue weighted by atomic mass is 35.5. The van der Waals surface area contributed by atoms with Crippen LogP contribution in [-0.4, -0.2) is 42.0 Å². The fourth-order valence-corrected chi connectivity index (χ4v) is 2.53. The molecule has 0 unspecified atom stereocenters. The molecule has 0 bridgehead atoms. The molecule has 108 valence electrons. The number of benzene rings is 1. The third kappa shape index (κ3) is 2.91. The van der Waals surface area contributed by atoms with Gasteiger partial charge >= 0.3 is 0 Å². The van der Waals surface area contributed by atoms with Gasteiger partial charge in [0, 0.05) is 32.4 Å². The molecule has 1 aliphatic heterocycles. The van der Waals surface area contributed by atoms with Crippen LogP contribution in [0.5, 0.6) is 0 Å². The molecular weight excluding hydrogens is 284 g/mol. The van der Waals surface area contributed by atoms with Crippen molar-refractivity contribution < 1.29 is 14.5 Å². The Morgan fingerprint density at radius 2 is 2.10 bits per heavy atom. The predicted octanol–water partition coefficient (Wildman–Crippen LogP) is 2.50. The number of amides is 1. The lowest BCUT2D eigenvalue weighted by atomic mass is 10.1. The van der Waals surface area contributed by atoms with Crippen LogP contribution in [0.2, 0.25) is 5.02 Å². The predicted molar refractivity (Wildman–Crippen MR) is 74.0 cm³/mol. The van der Waals surface area contributed by atoms with Crippen molar-refractivity contribution in [3.63, 3.8) is 0 Å². The summed E-state index contributed by atoms with van der Waals surface area (Å²) in [7, 11) is 1.69. The number of rotatable bonds is 3. The Hall–Kier alpha value is -1.66. The lowest BCUT2D eigenvalue weighted by Crippen LogP contribution is -2.40. The first-order chi connectivity index (χ1) is 9.52. The minimum atomic E-state index is -0.590. The van der Waals surface area contributed by atoms with Crippen molar-refractivity contribution in [1.29, 1.82) is 0 Å². The van der Waals surface area contributed by atoms with E-state index in [1.54, 1.807) is 11.9 Å². The van der Waals surface area contributed by atoms with Crippen LogP contribution in [0.25, 0.3) is 0 Å². The van der Waals surface area contributed by atoms with E-state index in [1.807, 2.05) is 0 Å². The lowest BCUT2D eigenvalue weighted by molar-refractivity contribution is -0.384. The van der Waals surface area contributed by atoms with Gasteiger partial charge in [-0.3, -0.25) is 14.9 Å². The highest BCUT2D eigenvalue weighted by Crippen LogP contribution is 2.29. The Bertz CT molecular complexity index is 529. The van der Waals surface area contributed by atoms with Crippen LogP contribution in [-0.2, 0) is 4.74 Å². The Morgan fingerprint density at radius 3 is 2.70 bits per heavy atom. The van der Waals surface area contributed by atoms with E-state index in [0.29, 0.717) is 13.2 Å². The number of hydrogen-bond acceptors (Lipinski definition) is 4. The highest BCUT2D eigenvalue weighted by molar-refractivity contribution is 6.35. The van der Waals surface area contributed by atoms with Crippen molar-refractivity contribution >= 4 is 23.2 Å². The van der Waals surface area contributed by atoms with E-state index < -0.39 is 4.92 Å². The minimum absolute atomic E-state index is 0.0755. The second kappa shape index (κ2) is 6.19. The van der Waals surface area contributed by atoms with Crippen LogP contribution in [0.1, 0.15) is 23.2 Å². The van der Waals surface area contributed by atoms with Crippen molar-refractivity contribution in [2.24, 2.45) is 0 Å². The summed E-state index contributed by atoms with van der Waals surface area (Å²) in [5.41, 5.74) is -0.0900. The SMILES string of the molecule is CN(C(=O)c1cccc([N+](=O)[O-])c1Cl)C1CCOCC1. The van der Waals surface area contributed by atoms with Gasteiger partial charge in [0.05, 0.1) is 10.5 Å². The van der Waals surface area contributed by atoms with Crippen LogP contribution in [0.4, 0.5) is 5.69 Å². The van der Waals surface area contributed by atoms with Crippen LogP contribution in [0, 0.1) is 10.1 Å². The molecule has 0 atom stereocenters. The Morgan fingerprint density at radius 1 is 1.45 bits per heavy atom. The standard InChI is InChI=1S/C13H15ClN2O4/c1-15(9-5-7-20-8-6-9)13(17)10-3-2-4-11(12(10)14)16(18)19/h2-4,9H,5-8H2,1H3. The summed E-state index contributed by atoms with van der Waals surface area (Å²) >= 11 is 5.97. The number of ether oxygens (including phenoxy) is 1. The monoisotopic (exact) mass is 298 g/mol. The zero-order chi connectivity index (χ0) is 14.7. The Kier molecular flexibility index (Phi) is 4.57. The molecule has 0 aromatic heterocycles. The summed E-state index contributed by atoms with van der Waals surface area (Å²) in [5, 5.41) is 10.7. The maximum Gasteiger partial charge on any atom is 0.288 e. The van der Waals surface area contributed by atoms with Gasteiger partial charge in [0.25, 0.3) is 11.6 Å². The summed E-state index contributed by atoms with van der Waals surface area (Å²) in [6.07, 6.45) is 1.52. The second-order valence-corrected chi connectivity index (χ2v) is 5.03. The summed E-state index contributed by atoms with van der Waals surface area (Å²) in [5.74, 6) is -0.300. The number of nitro groups is 1. The maximum atomic E-state index is 12.4. The molecule has 1 aromatic carbocycles. The van der Waals surface area contributed by atoms with Gasteiger partial charge in [0.15, 0.2) is 0 Å². The topological polar surface area (TPSA) is 72.7 Å². The zero-order valence-corrected chi connectivity index (χ0v) is 11.8. The molecule has 1 heterocycles. The van der Waals surface area contributed by atoms with E-state index >= 15 is 0 Å². The molecule has 2 rings (SSSR count). The molecule has 1 fully saturated rings. The number of nitro benzene ring substituents is 1. The van der Waals surface area contributed by atoms with Gasteiger partial charge in [0.2, 0.25) is 0 Å². The number of hydrogen-bond donors (Lipinski definition) is 0. The molecule has 1 amide bonds. The fourth-order valence-electron chi connectivity index (χ4n) is 2.25. The first-order valence-electron chi connectivity index (χ1n) is 6.30. The van der Waals surface area contributed by atoms with E-state index in [-0.39, 0.29) is 28.2 Å². The average molecular weight is 299 g/mol. The molecule has 1 saturated heterocycles. The van der Waals surface area contributed by atoms with Crippen LogP contribution >= 0.6 is 11.6 Å². The first kappa shape index (κ1) is 14.7. The Labute approximate surface area is 121 Å². The molecule has 7 heteroatoms. The van der Waals surface area contributed by atoms with Crippen LogP contribution in [0.3, 0.4) is 0 Å². The summed E-state index contributed by atoms with van der Waals surface area (Å²) in [6, 6.07) is 4.34. The van der Waals surface area contributed by atoms with Crippen molar-refractivity contribution in [2.75, 3.05) is 20.3 Å². The van der Waals surface area contributed by atoms with E-state index in [1.165, 1.54) is 18.2 Å². The second-order valence-electron chi connectivity index (χ2n) is 4.66. The summed E-state index contributed by atoms with van der Waals surface area (Å²) < 4.78 is 5.26.